The van der Waals surface area contributed by atoms with Crippen molar-refractivity contribution in [2.75, 3.05) is 26.2 Å². The van der Waals surface area contributed by atoms with Crippen LogP contribution in [0.3, 0.4) is 0 Å². The van der Waals surface area contributed by atoms with Crippen LogP contribution in [0.1, 0.15) is 38.0 Å². The normalized spacial score (nSPS) is 12.8. The molecule has 0 aliphatic rings. The first-order valence-corrected chi connectivity index (χ1v) is 6.72. The Bertz CT molecular complexity index is 360. The molecule has 1 aromatic rings. The number of aliphatic hydroxyl groups is 1. The summed E-state index contributed by atoms with van der Waals surface area (Å²) in [6, 6.07) is 5.93. The van der Waals surface area contributed by atoms with Gasteiger partial charge in [0.25, 0.3) is 0 Å². The van der Waals surface area contributed by atoms with E-state index in [9.17, 15) is 5.11 Å². The van der Waals surface area contributed by atoms with Gasteiger partial charge >= 0.3 is 0 Å². The highest BCUT2D eigenvalue weighted by Gasteiger charge is 2.09. The summed E-state index contributed by atoms with van der Waals surface area (Å²) in [5.74, 6) is 0.803. The van der Waals surface area contributed by atoms with E-state index in [0.29, 0.717) is 6.61 Å². The summed E-state index contributed by atoms with van der Waals surface area (Å²) in [5, 5.41) is 9.71. The van der Waals surface area contributed by atoms with Gasteiger partial charge in [-0.1, -0.05) is 26.0 Å². The first-order chi connectivity index (χ1) is 8.58. The van der Waals surface area contributed by atoms with E-state index in [1.165, 1.54) is 0 Å². The van der Waals surface area contributed by atoms with Crippen LogP contribution in [-0.4, -0.2) is 36.2 Å². The summed E-state index contributed by atoms with van der Waals surface area (Å²) in [4.78, 5) is 2.32. The molecule has 3 heteroatoms. The lowest BCUT2D eigenvalue weighted by Gasteiger charge is -2.19. The number of likely N-dealkylation sites (N-methyl/N-ethyl adjacent to an activating group) is 1. The van der Waals surface area contributed by atoms with Crippen molar-refractivity contribution < 1.29 is 9.84 Å². The Morgan fingerprint density at radius 2 is 1.94 bits per heavy atom. The number of aliphatic hydroxyl groups excluding tert-OH is 1. The van der Waals surface area contributed by atoms with E-state index < -0.39 is 6.10 Å². The fourth-order valence-electron chi connectivity index (χ4n) is 1.94. The monoisotopic (exact) mass is 251 g/mol. The molecule has 18 heavy (non-hydrogen) atoms. The molecular weight excluding hydrogens is 226 g/mol. The molecule has 0 aromatic heterocycles. The van der Waals surface area contributed by atoms with Crippen molar-refractivity contribution in [3.8, 4) is 5.75 Å². The summed E-state index contributed by atoms with van der Waals surface area (Å²) in [5.41, 5.74) is 2.01. The highest BCUT2D eigenvalue weighted by atomic mass is 16.5. The average molecular weight is 251 g/mol. The van der Waals surface area contributed by atoms with Crippen LogP contribution >= 0.6 is 0 Å². The van der Waals surface area contributed by atoms with E-state index in [1.54, 1.807) is 6.92 Å². The van der Waals surface area contributed by atoms with Gasteiger partial charge < -0.3 is 14.7 Å². The van der Waals surface area contributed by atoms with E-state index in [-0.39, 0.29) is 0 Å². The standard InChI is InChI=1S/C15H25NO2/c1-5-16(6-2)9-10-18-15-11-12(3)7-8-14(15)13(4)17/h7-8,11,13,17H,5-6,9-10H2,1-4H3/t13-/m0/s1. The first kappa shape index (κ1) is 15.0. The molecule has 0 bridgehead atoms. The summed E-state index contributed by atoms with van der Waals surface area (Å²) >= 11 is 0. The number of nitrogens with zero attached hydrogens (tertiary/aromatic N) is 1. The Morgan fingerprint density at radius 1 is 1.28 bits per heavy atom. The molecular formula is C15H25NO2. The molecule has 3 nitrogen and oxygen atoms in total. The van der Waals surface area contributed by atoms with Gasteiger partial charge in [-0.2, -0.15) is 0 Å². The zero-order valence-corrected chi connectivity index (χ0v) is 11.9. The number of ether oxygens (including phenoxy) is 1. The molecule has 102 valence electrons. The SMILES string of the molecule is CCN(CC)CCOc1cc(C)ccc1[C@H](C)O. The third kappa shape index (κ3) is 4.31. The minimum Gasteiger partial charge on any atom is -0.492 e. The minimum absolute atomic E-state index is 0.492. The highest BCUT2D eigenvalue weighted by Crippen LogP contribution is 2.26. The van der Waals surface area contributed by atoms with Crippen molar-refractivity contribution in [1.29, 1.82) is 0 Å². The van der Waals surface area contributed by atoms with Crippen molar-refractivity contribution >= 4 is 0 Å². The van der Waals surface area contributed by atoms with Crippen molar-refractivity contribution in [2.24, 2.45) is 0 Å². The topological polar surface area (TPSA) is 32.7 Å². The summed E-state index contributed by atoms with van der Waals surface area (Å²) in [7, 11) is 0. The fraction of sp³-hybridized carbons (Fsp3) is 0.600. The third-order valence-corrected chi connectivity index (χ3v) is 3.18. The number of hydrogen-bond acceptors (Lipinski definition) is 3. The lowest BCUT2D eigenvalue weighted by molar-refractivity contribution is 0.184. The zero-order valence-electron chi connectivity index (χ0n) is 11.9. The van der Waals surface area contributed by atoms with E-state index in [1.807, 2.05) is 25.1 Å². The molecule has 1 rings (SSSR count). The van der Waals surface area contributed by atoms with E-state index >= 15 is 0 Å². The Kier molecular flexibility index (Phi) is 6.16. The Labute approximate surface area is 110 Å². The van der Waals surface area contributed by atoms with Crippen LogP contribution in [0.15, 0.2) is 18.2 Å². The van der Waals surface area contributed by atoms with Crippen LogP contribution in [0.25, 0.3) is 0 Å². The average Bonchev–Trinajstić information content (AvgIpc) is 2.34. The summed E-state index contributed by atoms with van der Waals surface area (Å²) in [6.07, 6.45) is -0.492. The number of benzene rings is 1. The summed E-state index contributed by atoms with van der Waals surface area (Å²) in [6.45, 7) is 11.7. The number of aryl methyl sites for hydroxylation is 1. The van der Waals surface area contributed by atoms with Gasteiger partial charge in [-0.25, -0.2) is 0 Å². The number of rotatable bonds is 7. The van der Waals surface area contributed by atoms with Gasteiger partial charge in [0.05, 0.1) is 6.10 Å². The van der Waals surface area contributed by atoms with Crippen molar-refractivity contribution in [3.05, 3.63) is 29.3 Å². The van der Waals surface area contributed by atoms with Crippen molar-refractivity contribution in [3.63, 3.8) is 0 Å². The molecule has 1 N–H and O–H groups in total. The molecule has 1 atom stereocenters. The molecule has 1 aromatic carbocycles. The van der Waals surface area contributed by atoms with Gasteiger partial charge in [-0.3, -0.25) is 0 Å². The maximum absolute atomic E-state index is 9.71. The second kappa shape index (κ2) is 7.39. The molecule has 0 heterocycles. The predicted octanol–water partition coefficient (Wildman–Crippen LogP) is 2.77. The lowest BCUT2D eigenvalue weighted by atomic mass is 10.1. The second-order valence-electron chi connectivity index (χ2n) is 4.59. The maximum atomic E-state index is 9.71. The second-order valence-corrected chi connectivity index (χ2v) is 4.59. The Balaban J connectivity index is 2.63. The molecule has 0 saturated heterocycles. The van der Waals surface area contributed by atoms with E-state index in [0.717, 1.165) is 36.5 Å². The van der Waals surface area contributed by atoms with Crippen LogP contribution in [0.5, 0.6) is 5.75 Å². The zero-order chi connectivity index (χ0) is 13.5. The highest BCUT2D eigenvalue weighted by molar-refractivity contribution is 5.38. The molecule has 0 unspecified atom stereocenters. The minimum atomic E-state index is -0.492. The molecule has 0 fully saturated rings. The van der Waals surface area contributed by atoms with Gasteiger partial charge in [0.1, 0.15) is 12.4 Å². The predicted molar refractivity (Wildman–Crippen MR) is 75.1 cm³/mol. The van der Waals surface area contributed by atoms with Gasteiger partial charge in [0.2, 0.25) is 0 Å². The number of hydrogen-bond donors (Lipinski definition) is 1. The van der Waals surface area contributed by atoms with Crippen LogP contribution in [0.4, 0.5) is 0 Å². The van der Waals surface area contributed by atoms with Gasteiger partial charge in [-0.15, -0.1) is 0 Å². The molecule has 0 spiro atoms. The van der Waals surface area contributed by atoms with E-state index in [2.05, 4.69) is 18.7 Å². The van der Waals surface area contributed by atoms with E-state index in [4.69, 9.17) is 4.74 Å². The van der Waals surface area contributed by atoms with Gasteiger partial charge in [-0.05, 0) is 38.6 Å². The third-order valence-electron chi connectivity index (χ3n) is 3.18. The molecule has 0 saturated carbocycles. The van der Waals surface area contributed by atoms with Crippen molar-refractivity contribution in [2.45, 2.75) is 33.8 Å². The quantitative estimate of drug-likeness (QED) is 0.809. The van der Waals surface area contributed by atoms with Crippen molar-refractivity contribution in [1.82, 2.24) is 4.90 Å². The van der Waals surface area contributed by atoms with Crippen LogP contribution < -0.4 is 4.74 Å². The Morgan fingerprint density at radius 3 is 2.50 bits per heavy atom. The smallest absolute Gasteiger partial charge is 0.125 e. The van der Waals surface area contributed by atoms with Crippen LogP contribution in [0.2, 0.25) is 0 Å². The maximum Gasteiger partial charge on any atom is 0.125 e. The van der Waals surface area contributed by atoms with Crippen LogP contribution in [0, 0.1) is 6.92 Å². The molecule has 0 amide bonds. The summed E-state index contributed by atoms with van der Waals surface area (Å²) < 4.78 is 5.81. The largest absolute Gasteiger partial charge is 0.492 e. The fourth-order valence-corrected chi connectivity index (χ4v) is 1.94. The molecule has 0 aliphatic carbocycles. The lowest BCUT2D eigenvalue weighted by Crippen LogP contribution is -2.28. The van der Waals surface area contributed by atoms with Gasteiger partial charge in [0, 0.05) is 12.1 Å². The Hall–Kier alpha value is -1.06. The first-order valence-electron chi connectivity index (χ1n) is 6.72. The molecule has 0 radical (unpaired) electrons. The molecule has 0 aliphatic heterocycles. The van der Waals surface area contributed by atoms with Crippen LogP contribution in [-0.2, 0) is 0 Å². The van der Waals surface area contributed by atoms with Gasteiger partial charge in [0.15, 0.2) is 0 Å².